The Morgan fingerprint density at radius 3 is 2.67 bits per heavy atom. The summed E-state index contributed by atoms with van der Waals surface area (Å²) < 4.78 is 1.06. The van der Waals surface area contributed by atoms with Crippen molar-refractivity contribution in [1.29, 1.82) is 0 Å². The summed E-state index contributed by atoms with van der Waals surface area (Å²) in [7, 11) is 0. The first-order valence-corrected chi connectivity index (χ1v) is 6.18. The fourth-order valence-electron chi connectivity index (χ4n) is 2.64. The molecule has 2 aliphatic heterocycles. The van der Waals surface area contributed by atoms with Crippen molar-refractivity contribution in [2.45, 2.75) is 0 Å². The molecule has 0 bridgehead atoms. The van der Waals surface area contributed by atoms with Gasteiger partial charge >= 0.3 is 0 Å². The second-order valence-electron chi connectivity index (χ2n) is 4.44. The Morgan fingerprint density at radius 1 is 1.27 bits per heavy atom. The molecule has 0 radical (unpaired) electrons. The lowest BCUT2D eigenvalue weighted by Crippen LogP contribution is -2.25. The summed E-state index contributed by atoms with van der Waals surface area (Å²) >= 11 is 3.47. The SMILES string of the molecule is Brc1cncc(N2C[C@H]3CNC[C@H]3C2)c1. The Labute approximate surface area is 98.0 Å². The van der Waals surface area contributed by atoms with E-state index in [9.17, 15) is 0 Å². The van der Waals surface area contributed by atoms with Crippen LogP contribution in [0.3, 0.4) is 0 Å². The van der Waals surface area contributed by atoms with Gasteiger partial charge in [0.2, 0.25) is 0 Å². The number of pyridine rings is 1. The number of rotatable bonds is 1. The number of fused-ring (bicyclic) bond motifs is 1. The van der Waals surface area contributed by atoms with Crippen LogP contribution in [0.1, 0.15) is 0 Å². The number of nitrogens with zero attached hydrogens (tertiary/aromatic N) is 2. The summed E-state index contributed by atoms with van der Waals surface area (Å²) in [5.74, 6) is 1.67. The molecule has 4 heteroatoms. The minimum absolute atomic E-state index is 0.837. The van der Waals surface area contributed by atoms with Gasteiger partial charge in [0.05, 0.1) is 11.9 Å². The van der Waals surface area contributed by atoms with Crippen LogP contribution in [0.25, 0.3) is 0 Å². The van der Waals surface area contributed by atoms with Gasteiger partial charge in [-0.15, -0.1) is 0 Å². The summed E-state index contributed by atoms with van der Waals surface area (Å²) in [4.78, 5) is 6.67. The van der Waals surface area contributed by atoms with E-state index in [1.165, 1.54) is 31.9 Å². The van der Waals surface area contributed by atoms with Crippen molar-refractivity contribution in [3.05, 3.63) is 22.9 Å². The largest absolute Gasteiger partial charge is 0.370 e. The van der Waals surface area contributed by atoms with Crippen molar-refractivity contribution in [2.24, 2.45) is 11.8 Å². The Balaban J connectivity index is 1.79. The van der Waals surface area contributed by atoms with E-state index in [0.29, 0.717) is 0 Å². The predicted octanol–water partition coefficient (Wildman–Crippen LogP) is 1.50. The molecule has 0 unspecified atom stereocenters. The number of nitrogens with one attached hydrogen (secondary N) is 1. The molecule has 0 amide bonds. The highest BCUT2D eigenvalue weighted by atomic mass is 79.9. The number of aromatic nitrogens is 1. The van der Waals surface area contributed by atoms with Gasteiger partial charge in [-0.3, -0.25) is 4.98 Å². The van der Waals surface area contributed by atoms with E-state index in [-0.39, 0.29) is 0 Å². The molecule has 2 atom stereocenters. The molecule has 0 aromatic carbocycles. The first kappa shape index (κ1) is 9.60. The molecule has 3 heterocycles. The van der Waals surface area contributed by atoms with E-state index in [2.05, 4.69) is 37.2 Å². The van der Waals surface area contributed by atoms with Crippen molar-refractivity contribution >= 4 is 21.6 Å². The third-order valence-corrected chi connectivity index (χ3v) is 3.88. The van der Waals surface area contributed by atoms with Gasteiger partial charge in [-0.25, -0.2) is 0 Å². The molecule has 2 saturated heterocycles. The van der Waals surface area contributed by atoms with Crippen molar-refractivity contribution in [3.8, 4) is 0 Å². The molecule has 1 aromatic rings. The van der Waals surface area contributed by atoms with Crippen LogP contribution in [-0.4, -0.2) is 31.2 Å². The maximum absolute atomic E-state index is 4.22. The molecule has 2 fully saturated rings. The van der Waals surface area contributed by atoms with Crippen LogP contribution in [0.4, 0.5) is 5.69 Å². The van der Waals surface area contributed by atoms with E-state index in [4.69, 9.17) is 0 Å². The van der Waals surface area contributed by atoms with Gasteiger partial charge in [-0.1, -0.05) is 0 Å². The highest BCUT2D eigenvalue weighted by Crippen LogP contribution is 2.30. The van der Waals surface area contributed by atoms with Crippen LogP contribution in [0.2, 0.25) is 0 Å². The Bertz CT molecular complexity index is 357. The van der Waals surface area contributed by atoms with Crippen LogP contribution < -0.4 is 10.2 Å². The average Bonchev–Trinajstić information content (AvgIpc) is 2.76. The highest BCUT2D eigenvalue weighted by molar-refractivity contribution is 9.10. The Kier molecular flexibility index (Phi) is 2.41. The first-order valence-electron chi connectivity index (χ1n) is 5.39. The van der Waals surface area contributed by atoms with Gasteiger partial charge in [-0.2, -0.15) is 0 Å². The smallest absolute Gasteiger partial charge is 0.0564 e. The number of halogens is 1. The molecular weight excluding hydrogens is 254 g/mol. The lowest BCUT2D eigenvalue weighted by atomic mass is 10.0. The summed E-state index contributed by atoms with van der Waals surface area (Å²) in [6, 6.07) is 2.15. The molecule has 0 saturated carbocycles. The third-order valence-electron chi connectivity index (χ3n) is 3.45. The minimum Gasteiger partial charge on any atom is -0.370 e. The normalized spacial score (nSPS) is 29.5. The molecule has 1 aromatic heterocycles. The van der Waals surface area contributed by atoms with Gasteiger partial charge in [-0.05, 0) is 33.8 Å². The van der Waals surface area contributed by atoms with E-state index in [0.717, 1.165) is 16.3 Å². The third kappa shape index (κ3) is 1.76. The highest BCUT2D eigenvalue weighted by Gasteiger charge is 2.36. The van der Waals surface area contributed by atoms with Crippen molar-refractivity contribution in [1.82, 2.24) is 10.3 Å². The van der Waals surface area contributed by atoms with E-state index in [1.807, 2.05) is 12.4 Å². The molecule has 1 N–H and O–H groups in total. The molecule has 2 aliphatic rings. The number of anilines is 1. The van der Waals surface area contributed by atoms with Crippen LogP contribution in [-0.2, 0) is 0 Å². The molecular formula is C11H14BrN3. The van der Waals surface area contributed by atoms with Crippen LogP contribution in [0.5, 0.6) is 0 Å². The van der Waals surface area contributed by atoms with E-state index < -0.39 is 0 Å². The van der Waals surface area contributed by atoms with Gasteiger partial charge < -0.3 is 10.2 Å². The zero-order chi connectivity index (χ0) is 10.3. The number of hydrogen-bond donors (Lipinski definition) is 1. The monoisotopic (exact) mass is 267 g/mol. The van der Waals surface area contributed by atoms with Gasteiger partial charge in [0, 0.05) is 36.8 Å². The van der Waals surface area contributed by atoms with Crippen LogP contribution in [0, 0.1) is 11.8 Å². The van der Waals surface area contributed by atoms with Crippen molar-refractivity contribution in [3.63, 3.8) is 0 Å². The van der Waals surface area contributed by atoms with E-state index in [1.54, 1.807) is 0 Å². The Morgan fingerprint density at radius 2 is 2.00 bits per heavy atom. The molecule has 3 rings (SSSR count). The molecule has 15 heavy (non-hydrogen) atoms. The van der Waals surface area contributed by atoms with Gasteiger partial charge in [0.25, 0.3) is 0 Å². The summed E-state index contributed by atoms with van der Waals surface area (Å²) in [5, 5.41) is 3.46. The fourth-order valence-corrected chi connectivity index (χ4v) is 2.99. The van der Waals surface area contributed by atoms with Crippen LogP contribution >= 0.6 is 15.9 Å². The lowest BCUT2D eigenvalue weighted by Gasteiger charge is -2.19. The second-order valence-corrected chi connectivity index (χ2v) is 5.36. The standard InChI is InChI=1S/C11H14BrN3/c12-10-1-11(5-14-4-10)15-6-8-2-13-3-9(8)7-15/h1,4-5,8-9,13H,2-3,6-7H2/t8-,9+. The fraction of sp³-hybridized carbons (Fsp3) is 0.545. The minimum atomic E-state index is 0.837. The van der Waals surface area contributed by atoms with Crippen LogP contribution in [0.15, 0.2) is 22.9 Å². The quantitative estimate of drug-likeness (QED) is 0.836. The zero-order valence-electron chi connectivity index (χ0n) is 8.49. The summed E-state index contributed by atoms with van der Waals surface area (Å²) in [6.07, 6.45) is 3.79. The van der Waals surface area contributed by atoms with Crippen molar-refractivity contribution in [2.75, 3.05) is 31.1 Å². The molecule has 80 valence electrons. The Hall–Kier alpha value is -0.610. The van der Waals surface area contributed by atoms with Gasteiger partial charge in [0.15, 0.2) is 0 Å². The summed E-state index contributed by atoms with van der Waals surface area (Å²) in [5.41, 5.74) is 1.25. The maximum Gasteiger partial charge on any atom is 0.0564 e. The second kappa shape index (κ2) is 3.76. The van der Waals surface area contributed by atoms with Crippen molar-refractivity contribution < 1.29 is 0 Å². The van der Waals surface area contributed by atoms with E-state index >= 15 is 0 Å². The predicted molar refractivity (Wildman–Crippen MR) is 64.0 cm³/mol. The lowest BCUT2D eigenvalue weighted by molar-refractivity contribution is 0.533. The topological polar surface area (TPSA) is 28.2 Å². The maximum atomic E-state index is 4.22. The average molecular weight is 268 g/mol. The molecule has 3 nitrogen and oxygen atoms in total. The zero-order valence-corrected chi connectivity index (χ0v) is 10.1. The number of hydrogen-bond acceptors (Lipinski definition) is 3. The first-order chi connectivity index (χ1) is 7.33. The summed E-state index contributed by atoms with van der Waals surface area (Å²) in [6.45, 7) is 4.72. The van der Waals surface area contributed by atoms with Gasteiger partial charge in [0.1, 0.15) is 0 Å². The molecule has 0 aliphatic carbocycles. The molecule has 0 spiro atoms.